The first-order valence-electron chi connectivity index (χ1n) is 7.61. The Morgan fingerprint density at radius 3 is 2.63 bits per heavy atom. The van der Waals surface area contributed by atoms with Crippen LogP contribution in [0.2, 0.25) is 0 Å². The molecule has 1 aliphatic carbocycles. The highest BCUT2D eigenvalue weighted by Crippen LogP contribution is 2.25. The van der Waals surface area contributed by atoms with E-state index in [4.69, 9.17) is 4.74 Å². The topological polar surface area (TPSA) is 21.3 Å². The first-order valence-corrected chi connectivity index (χ1v) is 7.61. The summed E-state index contributed by atoms with van der Waals surface area (Å²) in [5.41, 5.74) is 4.54. The number of benzene rings is 1. The number of ether oxygens (including phenoxy) is 1. The Labute approximate surface area is 117 Å². The fourth-order valence-electron chi connectivity index (χ4n) is 2.96. The smallest absolute Gasteiger partial charge is 0.0615 e. The van der Waals surface area contributed by atoms with Gasteiger partial charge in [0.2, 0.25) is 0 Å². The van der Waals surface area contributed by atoms with Crippen molar-refractivity contribution in [3.8, 4) is 0 Å². The minimum absolute atomic E-state index is 0.396. The standard InChI is InChI=1S/C17H27NO/c1-4-17(12-19-3)18-13(2)15-10-9-14-7-5-6-8-16(14)11-15/h9-11,13,17-18H,4-8,12H2,1-3H3. The normalized spacial score (nSPS) is 17.8. The Hall–Kier alpha value is -0.860. The van der Waals surface area contributed by atoms with Crippen molar-refractivity contribution >= 4 is 0 Å². The number of aryl methyl sites for hydroxylation is 2. The molecule has 1 aromatic rings. The molecule has 0 bridgehead atoms. The van der Waals surface area contributed by atoms with Crippen LogP contribution in [-0.2, 0) is 17.6 Å². The van der Waals surface area contributed by atoms with E-state index in [2.05, 4.69) is 37.4 Å². The third-order valence-corrected chi connectivity index (χ3v) is 4.22. The van der Waals surface area contributed by atoms with Gasteiger partial charge >= 0.3 is 0 Å². The zero-order valence-corrected chi connectivity index (χ0v) is 12.5. The highest BCUT2D eigenvalue weighted by molar-refractivity contribution is 5.35. The van der Waals surface area contributed by atoms with Crippen LogP contribution in [-0.4, -0.2) is 19.8 Å². The molecule has 0 heterocycles. The predicted molar refractivity (Wildman–Crippen MR) is 80.6 cm³/mol. The summed E-state index contributed by atoms with van der Waals surface area (Å²) in [6.45, 7) is 5.24. The van der Waals surface area contributed by atoms with Crippen molar-refractivity contribution in [2.45, 2.75) is 58.0 Å². The average Bonchev–Trinajstić information content (AvgIpc) is 2.46. The molecule has 2 heteroatoms. The molecular weight excluding hydrogens is 234 g/mol. The molecule has 1 N–H and O–H groups in total. The zero-order chi connectivity index (χ0) is 13.7. The molecule has 106 valence electrons. The molecule has 0 radical (unpaired) electrons. The van der Waals surface area contributed by atoms with Gasteiger partial charge in [-0.15, -0.1) is 0 Å². The number of hydrogen-bond donors (Lipinski definition) is 1. The van der Waals surface area contributed by atoms with Crippen molar-refractivity contribution < 1.29 is 4.74 Å². The van der Waals surface area contributed by atoms with Gasteiger partial charge in [-0.3, -0.25) is 0 Å². The van der Waals surface area contributed by atoms with Crippen molar-refractivity contribution in [1.29, 1.82) is 0 Å². The van der Waals surface area contributed by atoms with Gasteiger partial charge in [-0.25, -0.2) is 0 Å². The number of nitrogens with one attached hydrogen (secondary N) is 1. The van der Waals surface area contributed by atoms with Gasteiger partial charge in [0, 0.05) is 19.2 Å². The van der Waals surface area contributed by atoms with Crippen molar-refractivity contribution in [2.75, 3.05) is 13.7 Å². The Morgan fingerprint density at radius 2 is 1.95 bits per heavy atom. The largest absolute Gasteiger partial charge is 0.383 e. The van der Waals surface area contributed by atoms with E-state index in [-0.39, 0.29) is 0 Å². The van der Waals surface area contributed by atoms with Crippen LogP contribution in [0.25, 0.3) is 0 Å². The summed E-state index contributed by atoms with van der Waals surface area (Å²) in [4.78, 5) is 0. The molecule has 2 atom stereocenters. The van der Waals surface area contributed by atoms with Crippen LogP contribution in [0.3, 0.4) is 0 Å². The lowest BCUT2D eigenvalue weighted by Gasteiger charge is -2.24. The SMILES string of the molecule is CCC(COC)NC(C)c1ccc2c(c1)CCCC2. The van der Waals surface area contributed by atoms with Crippen molar-refractivity contribution in [1.82, 2.24) is 5.32 Å². The van der Waals surface area contributed by atoms with Crippen LogP contribution >= 0.6 is 0 Å². The molecule has 0 saturated carbocycles. The molecule has 1 aromatic carbocycles. The van der Waals surface area contributed by atoms with E-state index in [0.29, 0.717) is 12.1 Å². The number of fused-ring (bicyclic) bond motifs is 1. The third-order valence-electron chi connectivity index (χ3n) is 4.22. The van der Waals surface area contributed by atoms with Crippen LogP contribution in [0, 0.1) is 0 Å². The third kappa shape index (κ3) is 3.80. The highest BCUT2D eigenvalue weighted by atomic mass is 16.5. The van der Waals surface area contributed by atoms with Gasteiger partial charge in [0.25, 0.3) is 0 Å². The fraction of sp³-hybridized carbons (Fsp3) is 0.647. The van der Waals surface area contributed by atoms with E-state index >= 15 is 0 Å². The van der Waals surface area contributed by atoms with Crippen LogP contribution in [0.15, 0.2) is 18.2 Å². The molecule has 0 spiro atoms. The second kappa shape index (κ2) is 7.06. The van der Waals surface area contributed by atoms with E-state index < -0.39 is 0 Å². The molecule has 0 aromatic heterocycles. The molecule has 0 fully saturated rings. The predicted octanol–water partition coefficient (Wildman–Crippen LogP) is 3.64. The van der Waals surface area contributed by atoms with E-state index in [1.54, 1.807) is 18.2 Å². The number of rotatable bonds is 6. The lowest BCUT2D eigenvalue weighted by molar-refractivity contribution is 0.159. The molecule has 2 nitrogen and oxygen atoms in total. The van der Waals surface area contributed by atoms with Crippen molar-refractivity contribution in [3.63, 3.8) is 0 Å². The minimum Gasteiger partial charge on any atom is -0.383 e. The molecule has 2 unspecified atom stereocenters. The van der Waals surface area contributed by atoms with E-state index in [9.17, 15) is 0 Å². The van der Waals surface area contributed by atoms with Crippen LogP contribution in [0.4, 0.5) is 0 Å². The lowest BCUT2D eigenvalue weighted by Crippen LogP contribution is -2.34. The highest BCUT2D eigenvalue weighted by Gasteiger charge is 2.14. The minimum atomic E-state index is 0.396. The number of hydrogen-bond acceptors (Lipinski definition) is 2. The van der Waals surface area contributed by atoms with E-state index in [1.807, 2.05) is 0 Å². The van der Waals surface area contributed by atoms with Gasteiger partial charge in [-0.2, -0.15) is 0 Å². The monoisotopic (exact) mass is 261 g/mol. The number of methoxy groups -OCH3 is 1. The quantitative estimate of drug-likeness (QED) is 0.844. The second-order valence-corrected chi connectivity index (χ2v) is 5.68. The van der Waals surface area contributed by atoms with Gasteiger partial charge in [0.05, 0.1) is 6.61 Å². The second-order valence-electron chi connectivity index (χ2n) is 5.68. The lowest BCUT2D eigenvalue weighted by atomic mass is 9.89. The Bertz CT molecular complexity index is 402. The molecule has 2 rings (SSSR count). The van der Waals surface area contributed by atoms with Crippen LogP contribution < -0.4 is 5.32 Å². The molecule has 19 heavy (non-hydrogen) atoms. The summed E-state index contributed by atoms with van der Waals surface area (Å²) in [5.74, 6) is 0. The van der Waals surface area contributed by atoms with Gasteiger partial charge in [-0.1, -0.05) is 25.1 Å². The van der Waals surface area contributed by atoms with E-state index in [1.165, 1.54) is 31.2 Å². The summed E-state index contributed by atoms with van der Waals surface area (Å²) in [6, 6.07) is 7.87. The summed E-state index contributed by atoms with van der Waals surface area (Å²) >= 11 is 0. The van der Waals surface area contributed by atoms with Gasteiger partial charge in [0.15, 0.2) is 0 Å². The van der Waals surface area contributed by atoms with Gasteiger partial charge in [0.1, 0.15) is 0 Å². The average molecular weight is 261 g/mol. The Kier molecular flexibility index (Phi) is 5.41. The molecule has 0 amide bonds. The Balaban J connectivity index is 2.04. The summed E-state index contributed by atoms with van der Waals surface area (Å²) in [7, 11) is 1.77. The maximum Gasteiger partial charge on any atom is 0.0615 e. The van der Waals surface area contributed by atoms with E-state index in [0.717, 1.165) is 13.0 Å². The molecule has 1 aliphatic rings. The zero-order valence-electron chi connectivity index (χ0n) is 12.5. The van der Waals surface area contributed by atoms with Crippen LogP contribution in [0.5, 0.6) is 0 Å². The molecule has 0 saturated heterocycles. The summed E-state index contributed by atoms with van der Waals surface area (Å²) < 4.78 is 5.26. The van der Waals surface area contributed by atoms with Crippen molar-refractivity contribution in [3.05, 3.63) is 34.9 Å². The first kappa shape index (κ1) is 14.5. The van der Waals surface area contributed by atoms with Crippen LogP contribution in [0.1, 0.15) is 55.8 Å². The molecular formula is C17H27NO. The maximum atomic E-state index is 5.26. The van der Waals surface area contributed by atoms with Gasteiger partial charge < -0.3 is 10.1 Å². The fourth-order valence-corrected chi connectivity index (χ4v) is 2.96. The summed E-state index contributed by atoms with van der Waals surface area (Å²) in [5, 5.41) is 3.67. The summed E-state index contributed by atoms with van der Waals surface area (Å²) in [6.07, 6.45) is 6.32. The van der Waals surface area contributed by atoms with Gasteiger partial charge in [-0.05, 0) is 55.7 Å². The van der Waals surface area contributed by atoms with Crippen molar-refractivity contribution in [2.24, 2.45) is 0 Å². The molecule has 0 aliphatic heterocycles. The maximum absolute atomic E-state index is 5.26. The Morgan fingerprint density at radius 1 is 1.21 bits per heavy atom. The first-order chi connectivity index (χ1) is 9.24.